The lowest BCUT2D eigenvalue weighted by Gasteiger charge is -2.43. The Morgan fingerprint density at radius 3 is 0.902 bits per heavy atom. The summed E-state index contributed by atoms with van der Waals surface area (Å²) in [6, 6.07) is 0. The van der Waals surface area contributed by atoms with Crippen molar-refractivity contribution >= 4 is 0 Å². The van der Waals surface area contributed by atoms with Crippen LogP contribution in [0.3, 0.4) is 0 Å². The SMILES string of the molecule is CCCCCCCCCCCC(CCCCCCCCCC)C(CCCCCCCC)C(OCC)(OCC)OCC. The van der Waals surface area contributed by atoms with Gasteiger partial charge in [-0.15, -0.1) is 0 Å². The van der Waals surface area contributed by atoms with Crippen molar-refractivity contribution < 1.29 is 14.2 Å². The molecular weight excluding hydrogens is 504 g/mol. The molecule has 0 N–H and O–H groups in total. The van der Waals surface area contributed by atoms with Gasteiger partial charge in [-0.05, 0) is 46.0 Å². The van der Waals surface area contributed by atoms with Gasteiger partial charge in [0, 0.05) is 25.7 Å². The normalized spacial score (nSPS) is 13.6. The van der Waals surface area contributed by atoms with E-state index < -0.39 is 5.97 Å². The Labute approximate surface area is 260 Å². The lowest BCUT2D eigenvalue weighted by atomic mass is 9.78. The van der Waals surface area contributed by atoms with Crippen LogP contribution in [-0.2, 0) is 14.2 Å². The average molecular weight is 583 g/mol. The fourth-order valence-corrected chi connectivity index (χ4v) is 6.70. The van der Waals surface area contributed by atoms with Crippen molar-refractivity contribution in [3.8, 4) is 0 Å². The van der Waals surface area contributed by atoms with Gasteiger partial charge in [0.15, 0.2) is 0 Å². The summed E-state index contributed by atoms with van der Waals surface area (Å²) in [6.45, 7) is 15.1. The van der Waals surface area contributed by atoms with E-state index in [9.17, 15) is 0 Å². The minimum atomic E-state index is -0.883. The summed E-state index contributed by atoms with van der Waals surface area (Å²) in [7, 11) is 0. The quantitative estimate of drug-likeness (QED) is 0.0558. The maximum absolute atomic E-state index is 6.48. The minimum Gasteiger partial charge on any atom is -0.328 e. The zero-order chi connectivity index (χ0) is 30.3. The zero-order valence-electron chi connectivity index (χ0n) is 29.4. The van der Waals surface area contributed by atoms with Gasteiger partial charge in [0.1, 0.15) is 0 Å². The van der Waals surface area contributed by atoms with Crippen molar-refractivity contribution in [1.82, 2.24) is 0 Å². The molecule has 0 amide bonds. The number of hydrogen-bond acceptors (Lipinski definition) is 3. The molecule has 0 aromatic heterocycles. The molecule has 0 saturated carbocycles. The molecule has 0 aliphatic carbocycles. The molecule has 0 aliphatic heterocycles. The molecule has 0 aliphatic rings. The standard InChI is InChI=1S/C38H78O3/c1-7-13-16-19-22-24-26-28-31-34-36(33-30-27-25-23-20-17-14-8-2)37(35-32-29-21-18-15-9-3)38(39-10-4,40-11-5)41-12-6/h36-37H,7-35H2,1-6H3. The van der Waals surface area contributed by atoms with Crippen LogP contribution in [0.4, 0.5) is 0 Å². The highest BCUT2D eigenvalue weighted by atomic mass is 16.9. The summed E-state index contributed by atoms with van der Waals surface area (Å²) in [5, 5.41) is 0. The second-order valence-electron chi connectivity index (χ2n) is 12.7. The Morgan fingerprint density at radius 1 is 0.341 bits per heavy atom. The number of hydrogen-bond donors (Lipinski definition) is 0. The monoisotopic (exact) mass is 583 g/mol. The van der Waals surface area contributed by atoms with E-state index in [1.54, 1.807) is 0 Å². The molecule has 0 spiro atoms. The molecule has 41 heavy (non-hydrogen) atoms. The van der Waals surface area contributed by atoms with Gasteiger partial charge in [0.25, 0.3) is 5.97 Å². The van der Waals surface area contributed by atoms with E-state index in [-0.39, 0.29) is 0 Å². The first-order valence-electron chi connectivity index (χ1n) is 19.1. The van der Waals surface area contributed by atoms with Gasteiger partial charge >= 0.3 is 0 Å². The number of unbranched alkanes of at least 4 members (excludes halogenated alkanes) is 20. The van der Waals surface area contributed by atoms with Crippen molar-refractivity contribution in [2.24, 2.45) is 11.8 Å². The van der Waals surface area contributed by atoms with E-state index in [2.05, 4.69) is 41.5 Å². The molecule has 0 radical (unpaired) electrons. The largest absolute Gasteiger partial charge is 0.328 e. The summed E-state index contributed by atoms with van der Waals surface area (Å²) < 4.78 is 19.4. The Kier molecular flexibility index (Phi) is 31.2. The summed E-state index contributed by atoms with van der Waals surface area (Å²) in [4.78, 5) is 0. The van der Waals surface area contributed by atoms with Crippen molar-refractivity contribution in [2.75, 3.05) is 19.8 Å². The predicted molar refractivity (Wildman–Crippen MR) is 182 cm³/mol. The second-order valence-corrected chi connectivity index (χ2v) is 12.7. The maximum atomic E-state index is 6.48. The molecule has 0 fully saturated rings. The molecular formula is C38H78O3. The van der Waals surface area contributed by atoms with Crippen molar-refractivity contribution in [3.63, 3.8) is 0 Å². The third kappa shape index (κ3) is 22.1. The van der Waals surface area contributed by atoms with E-state index >= 15 is 0 Å². The summed E-state index contributed by atoms with van der Waals surface area (Å²) in [5.74, 6) is 0.0400. The van der Waals surface area contributed by atoms with E-state index in [1.165, 1.54) is 161 Å². The second kappa shape index (κ2) is 31.3. The van der Waals surface area contributed by atoms with Crippen LogP contribution < -0.4 is 0 Å². The first-order chi connectivity index (χ1) is 20.2. The molecule has 0 aromatic carbocycles. The smallest absolute Gasteiger partial charge is 0.286 e. The predicted octanol–water partition coefficient (Wildman–Crippen LogP) is 13.2. The molecule has 0 saturated heterocycles. The Hall–Kier alpha value is -0.120. The highest BCUT2D eigenvalue weighted by Gasteiger charge is 2.45. The van der Waals surface area contributed by atoms with E-state index in [1.807, 2.05) is 0 Å². The summed E-state index contributed by atoms with van der Waals surface area (Å²) >= 11 is 0. The van der Waals surface area contributed by atoms with Crippen LogP contribution in [0.1, 0.15) is 208 Å². The zero-order valence-corrected chi connectivity index (χ0v) is 29.4. The fourth-order valence-electron chi connectivity index (χ4n) is 6.70. The van der Waals surface area contributed by atoms with Gasteiger partial charge in [-0.25, -0.2) is 0 Å². The van der Waals surface area contributed by atoms with Gasteiger partial charge in [-0.3, -0.25) is 0 Å². The van der Waals surface area contributed by atoms with Gasteiger partial charge in [0.2, 0.25) is 0 Å². The lowest BCUT2D eigenvalue weighted by Crippen LogP contribution is -2.49. The highest BCUT2D eigenvalue weighted by molar-refractivity contribution is 4.80. The summed E-state index contributed by atoms with van der Waals surface area (Å²) in [6.07, 6.45) is 35.3. The van der Waals surface area contributed by atoms with E-state index in [4.69, 9.17) is 14.2 Å². The van der Waals surface area contributed by atoms with Crippen LogP contribution in [0.25, 0.3) is 0 Å². The Balaban J connectivity index is 5.36. The number of rotatable bonds is 34. The first-order valence-corrected chi connectivity index (χ1v) is 19.1. The Bertz CT molecular complexity index is 477. The third-order valence-corrected chi connectivity index (χ3v) is 9.04. The molecule has 0 heterocycles. The van der Waals surface area contributed by atoms with Crippen molar-refractivity contribution in [1.29, 1.82) is 0 Å². The fraction of sp³-hybridized carbons (Fsp3) is 1.00. The first kappa shape index (κ1) is 40.9. The number of ether oxygens (including phenoxy) is 3. The third-order valence-electron chi connectivity index (χ3n) is 9.04. The van der Waals surface area contributed by atoms with Gasteiger partial charge in [-0.1, -0.05) is 168 Å². The van der Waals surface area contributed by atoms with Crippen LogP contribution in [0, 0.1) is 11.8 Å². The molecule has 2 atom stereocenters. The van der Waals surface area contributed by atoms with Crippen molar-refractivity contribution in [2.45, 2.75) is 214 Å². The van der Waals surface area contributed by atoms with E-state index in [0.29, 0.717) is 31.7 Å². The van der Waals surface area contributed by atoms with Gasteiger partial charge in [-0.2, -0.15) is 0 Å². The van der Waals surface area contributed by atoms with Crippen molar-refractivity contribution in [3.05, 3.63) is 0 Å². The minimum absolute atomic E-state index is 0.312. The lowest BCUT2D eigenvalue weighted by molar-refractivity contribution is -0.409. The molecule has 2 unspecified atom stereocenters. The molecule has 248 valence electrons. The molecule has 0 rings (SSSR count). The van der Waals surface area contributed by atoms with Crippen LogP contribution in [0.15, 0.2) is 0 Å². The van der Waals surface area contributed by atoms with Gasteiger partial charge < -0.3 is 14.2 Å². The molecule has 3 heteroatoms. The van der Waals surface area contributed by atoms with Crippen LogP contribution in [0.5, 0.6) is 0 Å². The molecule has 0 bridgehead atoms. The highest BCUT2D eigenvalue weighted by Crippen LogP contribution is 2.40. The average Bonchev–Trinajstić information content (AvgIpc) is 2.97. The Morgan fingerprint density at radius 2 is 0.610 bits per heavy atom. The van der Waals surface area contributed by atoms with Gasteiger partial charge in [0.05, 0.1) is 0 Å². The van der Waals surface area contributed by atoms with Crippen LogP contribution in [0.2, 0.25) is 0 Å². The molecule has 0 aromatic rings. The maximum Gasteiger partial charge on any atom is 0.286 e. The van der Waals surface area contributed by atoms with Crippen LogP contribution in [-0.4, -0.2) is 25.8 Å². The molecule has 3 nitrogen and oxygen atoms in total. The topological polar surface area (TPSA) is 27.7 Å². The van der Waals surface area contributed by atoms with E-state index in [0.717, 1.165) is 6.42 Å². The van der Waals surface area contributed by atoms with Crippen LogP contribution >= 0.6 is 0 Å². The summed E-state index contributed by atoms with van der Waals surface area (Å²) in [5.41, 5.74) is 0.